The molecule has 0 unspecified atom stereocenters. The van der Waals surface area contributed by atoms with Crippen LogP contribution in [0.25, 0.3) is 0 Å². The third-order valence-electron chi connectivity index (χ3n) is 2.30. The second kappa shape index (κ2) is 5.67. The van der Waals surface area contributed by atoms with E-state index in [0.29, 0.717) is 6.54 Å². The lowest BCUT2D eigenvalue weighted by Crippen LogP contribution is -2.00. The average Bonchev–Trinajstić information content (AvgIpc) is 2.29. The summed E-state index contributed by atoms with van der Waals surface area (Å²) in [6.07, 6.45) is 0. The third-order valence-corrected chi connectivity index (χ3v) is 3.54. The lowest BCUT2D eigenvalue weighted by atomic mass is 10.2. The van der Waals surface area contributed by atoms with E-state index >= 15 is 0 Å². The van der Waals surface area contributed by atoms with Crippen molar-refractivity contribution in [1.29, 1.82) is 0 Å². The summed E-state index contributed by atoms with van der Waals surface area (Å²) in [5, 5.41) is 0. The van der Waals surface area contributed by atoms with Crippen molar-refractivity contribution in [3.05, 3.63) is 57.0 Å². The van der Waals surface area contributed by atoms with E-state index in [1.807, 2.05) is 42.5 Å². The highest BCUT2D eigenvalue weighted by molar-refractivity contribution is 9.10. The molecule has 0 saturated carbocycles. The van der Waals surface area contributed by atoms with Gasteiger partial charge < -0.3 is 10.5 Å². The molecule has 0 bridgehead atoms. The van der Waals surface area contributed by atoms with Crippen LogP contribution in [-0.2, 0) is 6.54 Å². The Labute approximate surface area is 117 Å². The van der Waals surface area contributed by atoms with Crippen molar-refractivity contribution in [3.63, 3.8) is 0 Å². The average molecular weight is 357 g/mol. The quantitative estimate of drug-likeness (QED) is 0.880. The Balaban J connectivity index is 2.33. The topological polar surface area (TPSA) is 35.2 Å². The molecule has 2 aromatic carbocycles. The van der Waals surface area contributed by atoms with E-state index in [2.05, 4.69) is 31.9 Å². The normalized spacial score (nSPS) is 10.3. The van der Waals surface area contributed by atoms with Crippen LogP contribution in [0.5, 0.6) is 11.5 Å². The molecule has 0 aliphatic carbocycles. The van der Waals surface area contributed by atoms with Gasteiger partial charge in [0.1, 0.15) is 11.5 Å². The van der Waals surface area contributed by atoms with Gasteiger partial charge in [0.25, 0.3) is 0 Å². The lowest BCUT2D eigenvalue weighted by Gasteiger charge is -2.11. The van der Waals surface area contributed by atoms with Gasteiger partial charge in [-0.15, -0.1) is 0 Å². The largest absolute Gasteiger partial charge is 0.457 e. The maximum Gasteiger partial charge on any atom is 0.133 e. The Hall–Kier alpha value is -0.840. The molecule has 2 nitrogen and oxygen atoms in total. The van der Waals surface area contributed by atoms with Crippen LogP contribution in [0.1, 0.15) is 5.56 Å². The second-order valence-corrected chi connectivity index (χ2v) is 5.25. The molecule has 0 saturated heterocycles. The van der Waals surface area contributed by atoms with Gasteiger partial charge in [-0.2, -0.15) is 0 Å². The number of rotatable bonds is 3. The fourth-order valence-corrected chi connectivity index (χ4v) is 2.38. The highest BCUT2D eigenvalue weighted by atomic mass is 79.9. The standard InChI is InChI=1S/C13H11Br2NO/c14-9-3-1-4-10(7-9)17-13-6-2-5-12(15)11(13)8-16/h1-7H,8,16H2. The molecule has 88 valence electrons. The maximum absolute atomic E-state index is 5.82. The number of hydrogen-bond acceptors (Lipinski definition) is 2. The smallest absolute Gasteiger partial charge is 0.133 e. The van der Waals surface area contributed by atoms with Crippen molar-refractivity contribution in [2.75, 3.05) is 0 Å². The fraction of sp³-hybridized carbons (Fsp3) is 0.0769. The van der Waals surface area contributed by atoms with Crippen LogP contribution < -0.4 is 10.5 Å². The minimum atomic E-state index is 0.435. The van der Waals surface area contributed by atoms with Crippen molar-refractivity contribution in [1.82, 2.24) is 0 Å². The van der Waals surface area contributed by atoms with E-state index in [1.54, 1.807) is 0 Å². The summed E-state index contributed by atoms with van der Waals surface area (Å²) in [4.78, 5) is 0. The van der Waals surface area contributed by atoms with Gasteiger partial charge in [0.15, 0.2) is 0 Å². The van der Waals surface area contributed by atoms with Crippen LogP contribution in [0.3, 0.4) is 0 Å². The number of benzene rings is 2. The summed E-state index contributed by atoms with van der Waals surface area (Å²) in [5.74, 6) is 1.56. The van der Waals surface area contributed by atoms with Gasteiger partial charge in [0, 0.05) is 21.1 Å². The molecule has 0 spiro atoms. The van der Waals surface area contributed by atoms with Gasteiger partial charge in [-0.1, -0.05) is 44.0 Å². The number of hydrogen-bond donors (Lipinski definition) is 1. The zero-order valence-corrected chi connectivity index (χ0v) is 12.2. The molecule has 2 rings (SSSR count). The molecule has 0 fully saturated rings. The van der Waals surface area contributed by atoms with Crippen molar-refractivity contribution in [3.8, 4) is 11.5 Å². The van der Waals surface area contributed by atoms with Gasteiger partial charge in [-0.05, 0) is 30.3 Å². The Bertz CT molecular complexity index is 529. The van der Waals surface area contributed by atoms with Crippen molar-refractivity contribution >= 4 is 31.9 Å². The monoisotopic (exact) mass is 355 g/mol. The van der Waals surface area contributed by atoms with E-state index < -0.39 is 0 Å². The molecule has 0 aliphatic heterocycles. The summed E-state index contributed by atoms with van der Waals surface area (Å²) < 4.78 is 7.77. The lowest BCUT2D eigenvalue weighted by molar-refractivity contribution is 0.475. The highest BCUT2D eigenvalue weighted by Gasteiger charge is 2.07. The van der Waals surface area contributed by atoms with E-state index in [1.165, 1.54) is 0 Å². The summed E-state index contributed by atoms with van der Waals surface area (Å²) in [6, 6.07) is 13.5. The Morgan fingerprint density at radius 3 is 2.53 bits per heavy atom. The van der Waals surface area contributed by atoms with Gasteiger partial charge in [-0.3, -0.25) is 0 Å². The predicted octanol–water partition coefficient (Wildman–Crippen LogP) is 4.46. The van der Waals surface area contributed by atoms with E-state index in [-0.39, 0.29) is 0 Å². The SMILES string of the molecule is NCc1c(Br)cccc1Oc1cccc(Br)c1. The Morgan fingerprint density at radius 2 is 1.82 bits per heavy atom. The minimum Gasteiger partial charge on any atom is -0.457 e. The first-order chi connectivity index (χ1) is 8.20. The van der Waals surface area contributed by atoms with Gasteiger partial charge in [0.05, 0.1) is 0 Å². The summed E-state index contributed by atoms with van der Waals surface area (Å²) in [6.45, 7) is 0.435. The fourth-order valence-electron chi connectivity index (χ4n) is 1.49. The van der Waals surface area contributed by atoms with E-state index in [4.69, 9.17) is 10.5 Å². The van der Waals surface area contributed by atoms with Crippen LogP contribution in [0.4, 0.5) is 0 Å². The zero-order valence-electron chi connectivity index (χ0n) is 8.99. The molecular weight excluding hydrogens is 346 g/mol. The van der Waals surface area contributed by atoms with E-state index in [9.17, 15) is 0 Å². The van der Waals surface area contributed by atoms with Crippen molar-refractivity contribution in [2.24, 2.45) is 5.73 Å². The molecule has 0 aliphatic rings. The van der Waals surface area contributed by atoms with Gasteiger partial charge >= 0.3 is 0 Å². The molecule has 0 heterocycles. The molecule has 4 heteroatoms. The van der Waals surface area contributed by atoms with Gasteiger partial charge in [-0.25, -0.2) is 0 Å². The Morgan fingerprint density at radius 1 is 1.06 bits per heavy atom. The summed E-state index contributed by atoms with van der Waals surface area (Å²) in [7, 11) is 0. The molecule has 2 N–H and O–H groups in total. The van der Waals surface area contributed by atoms with Crippen molar-refractivity contribution in [2.45, 2.75) is 6.54 Å². The molecule has 0 radical (unpaired) electrons. The van der Waals surface area contributed by atoms with Gasteiger partial charge in [0.2, 0.25) is 0 Å². The number of ether oxygens (including phenoxy) is 1. The first-order valence-electron chi connectivity index (χ1n) is 5.11. The van der Waals surface area contributed by atoms with Crippen LogP contribution in [-0.4, -0.2) is 0 Å². The second-order valence-electron chi connectivity index (χ2n) is 3.48. The third kappa shape index (κ3) is 3.09. The first-order valence-corrected chi connectivity index (χ1v) is 6.70. The first kappa shape index (κ1) is 12.6. The number of nitrogens with two attached hydrogens (primary N) is 1. The van der Waals surface area contributed by atoms with Crippen LogP contribution in [0.15, 0.2) is 51.4 Å². The minimum absolute atomic E-state index is 0.435. The predicted molar refractivity (Wildman–Crippen MR) is 76.2 cm³/mol. The van der Waals surface area contributed by atoms with Crippen LogP contribution >= 0.6 is 31.9 Å². The zero-order chi connectivity index (χ0) is 12.3. The molecule has 17 heavy (non-hydrogen) atoms. The maximum atomic E-state index is 5.82. The van der Waals surface area contributed by atoms with Crippen molar-refractivity contribution < 1.29 is 4.74 Å². The van der Waals surface area contributed by atoms with Crippen LogP contribution in [0.2, 0.25) is 0 Å². The molecule has 0 amide bonds. The Kier molecular flexibility index (Phi) is 4.20. The molecule has 0 aromatic heterocycles. The number of halogens is 2. The summed E-state index contributed by atoms with van der Waals surface area (Å²) in [5.41, 5.74) is 6.68. The molecule has 2 aromatic rings. The van der Waals surface area contributed by atoms with Crippen LogP contribution in [0, 0.1) is 0 Å². The highest BCUT2D eigenvalue weighted by Crippen LogP contribution is 2.31. The molecule has 0 atom stereocenters. The summed E-state index contributed by atoms with van der Waals surface area (Å²) >= 11 is 6.88. The van der Waals surface area contributed by atoms with E-state index in [0.717, 1.165) is 26.0 Å². The molecular formula is C13H11Br2NO.